The topological polar surface area (TPSA) is 29.9 Å². The fraction of sp³-hybridized carbons (Fsp3) is 0.545. The van der Waals surface area contributed by atoms with Crippen molar-refractivity contribution in [3.05, 3.63) is 25.0 Å². The number of allylic oxidation sites excluding steroid dienone is 1. The summed E-state index contributed by atoms with van der Waals surface area (Å²) in [4.78, 5) is 4.29. The molecule has 0 unspecified atom stereocenters. The molecule has 1 saturated carbocycles. The van der Waals surface area contributed by atoms with Crippen LogP contribution < -0.4 is 5.32 Å². The zero-order valence-electron chi connectivity index (χ0n) is 8.61. The first-order valence-corrected chi connectivity index (χ1v) is 5.18. The van der Waals surface area contributed by atoms with Crippen molar-refractivity contribution in [3.63, 3.8) is 0 Å². The molecule has 76 valence electrons. The summed E-state index contributed by atoms with van der Waals surface area (Å²) in [7, 11) is 0. The summed E-state index contributed by atoms with van der Waals surface area (Å²) in [5.41, 5.74) is 0. The molecule has 1 N–H and O–H groups in total. The fourth-order valence-electron chi connectivity index (χ4n) is 1.94. The minimum absolute atomic E-state index is 0.621. The summed E-state index contributed by atoms with van der Waals surface area (Å²) in [5, 5.41) is 3.45. The van der Waals surface area contributed by atoms with Gasteiger partial charge < -0.3 is 9.88 Å². The highest BCUT2D eigenvalue weighted by Gasteiger charge is 2.25. The minimum atomic E-state index is 0.621. The Hall–Kier alpha value is -1.25. The molecule has 1 fully saturated rings. The zero-order chi connectivity index (χ0) is 9.97. The molecule has 1 aromatic heterocycles. The summed E-state index contributed by atoms with van der Waals surface area (Å²) >= 11 is 0. The van der Waals surface area contributed by atoms with Crippen molar-refractivity contribution in [2.75, 3.05) is 5.32 Å². The first kappa shape index (κ1) is 9.31. The highest BCUT2D eigenvalue weighted by atomic mass is 15.2. The van der Waals surface area contributed by atoms with E-state index >= 15 is 0 Å². The molecule has 3 heteroatoms. The van der Waals surface area contributed by atoms with Gasteiger partial charge in [-0.25, -0.2) is 4.98 Å². The molecule has 0 spiro atoms. The molecule has 2 rings (SSSR count). The smallest absolute Gasteiger partial charge is 0.203 e. The van der Waals surface area contributed by atoms with Gasteiger partial charge in [-0.15, -0.1) is 6.58 Å². The molecule has 3 nitrogen and oxygen atoms in total. The Kier molecular flexibility index (Phi) is 2.57. The van der Waals surface area contributed by atoms with E-state index in [1.165, 1.54) is 12.8 Å². The lowest BCUT2D eigenvalue weighted by Gasteiger charge is -2.33. The number of nitrogens with zero attached hydrogens (tertiary/aromatic N) is 2. The molecule has 0 radical (unpaired) electrons. The van der Waals surface area contributed by atoms with Crippen LogP contribution in [0.3, 0.4) is 0 Å². The molecule has 1 aliphatic carbocycles. The Balaban J connectivity index is 1.94. The van der Waals surface area contributed by atoms with Crippen molar-refractivity contribution in [1.82, 2.24) is 9.55 Å². The van der Waals surface area contributed by atoms with Gasteiger partial charge in [-0.1, -0.05) is 13.0 Å². The van der Waals surface area contributed by atoms with Crippen LogP contribution in [0.15, 0.2) is 25.0 Å². The lowest BCUT2D eigenvalue weighted by molar-refractivity contribution is 0.307. The highest BCUT2D eigenvalue weighted by molar-refractivity contribution is 5.29. The average molecular weight is 191 g/mol. The Morgan fingerprint density at radius 1 is 1.71 bits per heavy atom. The molecule has 1 aliphatic rings. The summed E-state index contributed by atoms with van der Waals surface area (Å²) in [6.07, 6.45) is 8.22. The van der Waals surface area contributed by atoms with Crippen molar-refractivity contribution in [1.29, 1.82) is 0 Å². The van der Waals surface area contributed by atoms with Crippen LogP contribution >= 0.6 is 0 Å². The van der Waals surface area contributed by atoms with Crippen LogP contribution in [0.4, 0.5) is 5.95 Å². The molecular formula is C11H17N3. The lowest BCUT2D eigenvalue weighted by Crippen LogP contribution is -2.34. The van der Waals surface area contributed by atoms with Crippen molar-refractivity contribution in [2.45, 2.75) is 32.4 Å². The Morgan fingerprint density at radius 3 is 3.14 bits per heavy atom. The third-order valence-electron chi connectivity index (χ3n) is 2.75. The van der Waals surface area contributed by atoms with E-state index in [-0.39, 0.29) is 0 Å². The number of anilines is 1. The number of nitrogens with one attached hydrogen (secondary N) is 1. The third kappa shape index (κ3) is 1.81. The van der Waals surface area contributed by atoms with E-state index in [0.717, 1.165) is 18.4 Å². The van der Waals surface area contributed by atoms with E-state index in [1.807, 2.05) is 18.5 Å². The number of aromatic nitrogens is 2. The standard InChI is InChI=1S/C11H17N3/c1-3-5-14-6-4-12-11(14)13-10-7-9(2)8-10/h3-4,6,9-10H,1,5,7-8H2,2H3,(H,12,13). The SMILES string of the molecule is C=CCn1ccnc1NC1CC(C)C1. The van der Waals surface area contributed by atoms with E-state index in [9.17, 15) is 0 Å². The molecular weight excluding hydrogens is 174 g/mol. The summed E-state index contributed by atoms with van der Waals surface area (Å²) in [5.74, 6) is 1.84. The average Bonchev–Trinajstić information content (AvgIpc) is 2.51. The maximum atomic E-state index is 4.29. The molecule has 0 aliphatic heterocycles. The van der Waals surface area contributed by atoms with E-state index < -0.39 is 0 Å². The van der Waals surface area contributed by atoms with Crippen molar-refractivity contribution >= 4 is 5.95 Å². The molecule has 0 bridgehead atoms. The predicted octanol–water partition coefficient (Wildman–Crippen LogP) is 2.28. The van der Waals surface area contributed by atoms with Crippen LogP contribution in [0.5, 0.6) is 0 Å². The molecule has 0 saturated heterocycles. The van der Waals surface area contributed by atoms with Gasteiger partial charge in [0.05, 0.1) is 0 Å². The lowest BCUT2D eigenvalue weighted by atomic mass is 9.82. The number of imidazole rings is 1. The maximum absolute atomic E-state index is 4.29. The van der Waals surface area contributed by atoms with Crippen LogP contribution in [0.2, 0.25) is 0 Å². The Bertz CT molecular complexity index is 310. The van der Waals surface area contributed by atoms with Gasteiger partial charge in [-0.3, -0.25) is 0 Å². The number of hydrogen-bond donors (Lipinski definition) is 1. The van der Waals surface area contributed by atoms with E-state index in [1.54, 1.807) is 0 Å². The third-order valence-corrected chi connectivity index (χ3v) is 2.75. The van der Waals surface area contributed by atoms with Crippen molar-refractivity contribution in [2.24, 2.45) is 5.92 Å². The molecule has 0 atom stereocenters. The monoisotopic (exact) mass is 191 g/mol. The van der Waals surface area contributed by atoms with E-state index in [4.69, 9.17) is 0 Å². The minimum Gasteiger partial charge on any atom is -0.353 e. The summed E-state index contributed by atoms with van der Waals surface area (Å²) < 4.78 is 2.08. The normalized spacial score (nSPS) is 25.5. The van der Waals surface area contributed by atoms with Gasteiger partial charge in [0.15, 0.2) is 0 Å². The summed E-state index contributed by atoms with van der Waals surface area (Å²) in [6, 6.07) is 0.621. The molecule has 0 aromatic carbocycles. The molecule has 0 amide bonds. The van der Waals surface area contributed by atoms with Gasteiger partial charge in [-0.2, -0.15) is 0 Å². The largest absolute Gasteiger partial charge is 0.353 e. The predicted molar refractivity (Wildman–Crippen MR) is 58.2 cm³/mol. The van der Waals surface area contributed by atoms with Crippen LogP contribution in [0, 0.1) is 5.92 Å². The van der Waals surface area contributed by atoms with Gasteiger partial charge in [0, 0.05) is 25.0 Å². The van der Waals surface area contributed by atoms with E-state index in [0.29, 0.717) is 6.04 Å². The Morgan fingerprint density at radius 2 is 2.50 bits per heavy atom. The second-order valence-corrected chi connectivity index (χ2v) is 4.11. The van der Waals surface area contributed by atoms with Gasteiger partial charge in [0.1, 0.15) is 0 Å². The first-order valence-electron chi connectivity index (χ1n) is 5.18. The van der Waals surface area contributed by atoms with Crippen LogP contribution in [0.25, 0.3) is 0 Å². The maximum Gasteiger partial charge on any atom is 0.203 e. The van der Waals surface area contributed by atoms with Crippen LogP contribution in [-0.2, 0) is 6.54 Å². The van der Waals surface area contributed by atoms with Gasteiger partial charge >= 0.3 is 0 Å². The highest BCUT2D eigenvalue weighted by Crippen LogP contribution is 2.28. The van der Waals surface area contributed by atoms with Crippen molar-refractivity contribution < 1.29 is 0 Å². The van der Waals surface area contributed by atoms with Gasteiger partial charge in [-0.05, 0) is 18.8 Å². The first-order chi connectivity index (χ1) is 6.79. The quantitative estimate of drug-likeness (QED) is 0.740. The van der Waals surface area contributed by atoms with E-state index in [2.05, 4.69) is 28.4 Å². The Labute approximate surface area is 84.8 Å². The fourth-order valence-corrected chi connectivity index (χ4v) is 1.94. The van der Waals surface area contributed by atoms with Gasteiger partial charge in [0.25, 0.3) is 0 Å². The number of rotatable bonds is 4. The molecule has 1 heterocycles. The zero-order valence-corrected chi connectivity index (χ0v) is 8.61. The van der Waals surface area contributed by atoms with Crippen molar-refractivity contribution in [3.8, 4) is 0 Å². The molecule has 1 aromatic rings. The second-order valence-electron chi connectivity index (χ2n) is 4.11. The van der Waals surface area contributed by atoms with Crippen LogP contribution in [0.1, 0.15) is 19.8 Å². The number of hydrogen-bond acceptors (Lipinski definition) is 2. The second kappa shape index (κ2) is 3.86. The summed E-state index contributed by atoms with van der Waals surface area (Å²) in [6.45, 7) is 6.84. The van der Waals surface area contributed by atoms with Gasteiger partial charge in [0.2, 0.25) is 5.95 Å². The van der Waals surface area contributed by atoms with Crippen LogP contribution in [-0.4, -0.2) is 15.6 Å². The molecule has 14 heavy (non-hydrogen) atoms.